The maximum absolute atomic E-state index is 12.7. The molecular formula is C16H16O4S. The molecule has 0 unspecified atom stereocenters. The fourth-order valence-corrected chi connectivity index (χ4v) is 4.79. The van der Waals surface area contributed by atoms with Gasteiger partial charge in [0, 0.05) is 18.2 Å². The van der Waals surface area contributed by atoms with Crippen LogP contribution in [-0.2, 0) is 14.3 Å². The fourth-order valence-electron chi connectivity index (χ4n) is 3.30. The highest BCUT2D eigenvalue weighted by Crippen LogP contribution is 2.45. The molecule has 2 aromatic carbocycles. The first-order valence-electron chi connectivity index (χ1n) is 7.26. The van der Waals surface area contributed by atoms with Crippen LogP contribution in [0.5, 0.6) is 5.75 Å². The average Bonchev–Trinajstić information content (AvgIpc) is 2.46. The Morgan fingerprint density at radius 1 is 0.952 bits per heavy atom. The largest absolute Gasteiger partial charge is 0.460 e. The summed E-state index contributed by atoms with van der Waals surface area (Å²) in [5.74, 6) is -0.575. The van der Waals surface area contributed by atoms with Crippen molar-refractivity contribution in [3.8, 4) is 5.75 Å². The molecule has 1 saturated carbocycles. The Bertz CT molecular complexity index is 804. The van der Waals surface area contributed by atoms with Crippen LogP contribution in [-0.4, -0.2) is 14.2 Å². The van der Waals surface area contributed by atoms with Gasteiger partial charge in [0.05, 0.1) is 0 Å². The number of hydrogen-bond acceptors (Lipinski definition) is 4. The van der Waals surface area contributed by atoms with E-state index in [1.807, 2.05) is 24.3 Å². The standard InChI is InChI=1S/C16H16O4S/c17-21(18)15-13-7-3-2-6-12(13)8-9-14(15)19-16(20-21)10-4-1-5-11-16/h2-3,6-9H,1,4-5,10-11H2. The van der Waals surface area contributed by atoms with E-state index in [0.717, 1.165) is 24.6 Å². The molecule has 0 atom stereocenters. The Kier molecular flexibility index (Phi) is 2.78. The number of hydrogen-bond donors (Lipinski definition) is 0. The van der Waals surface area contributed by atoms with E-state index in [1.165, 1.54) is 0 Å². The second kappa shape index (κ2) is 4.45. The van der Waals surface area contributed by atoms with Crippen LogP contribution in [0.3, 0.4) is 0 Å². The topological polar surface area (TPSA) is 52.6 Å². The molecule has 0 radical (unpaired) electrons. The monoisotopic (exact) mass is 304 g/mol. The minimum absolute atomic E-state index is 0.164. The van der Waals surface area contributed by atoms with Gasteiger partial charge in [0.15, 0.2) is 0 Å². The minimum atomic E-state index is -3.80. The van der Waals surface area contributed by atoms with Crippen LogP contribution in [0.15, 0.2) is 41.3 Å². The molecule has 1 spiro atoms. The van der Waals surface area contributed by atoms with Gasteiger partial charge in [-0.1, -0.05) is 36.8 Å². The third-order valence-corrected chi connectivity index (χ3v) is 5.71. The summed E-state index contributed by atoms with van der Waals surface area (Å²) in [5, 5.41) is 1.52. The number of fused-ring (bicyclic) bond motifs is 3. The number of rotatable bonds is 0. The van der Waals surface area contributed by atoms with Gasteiger partial charge in [-0.25, -0.2) is 4.18 Å². The van der Waals surface area contributed by atoms with Gasteiger partial charge in [-0.2, -0.15) is 8.42 Å². The van der Waals surface area contributed by atoms with Crippen molar-refractivity contribution in [1.29, 1.82) is 0 Å². The van der Waals surface area contributed by atoms with Crippen molar-refractivity contribution >= 4 is 20.9 Å². The average molecular weight is 304 g/mol. The summed E-state index contributed by atoms with van der Waals surface area (Å²) in [6.45, 7) is 0. The van der Waals surface area contributed by atoms with Crippen LogP contribution in [0.1, 0.15) is 32.1 Å². The lowest BCUT2D eigenvalue weighted by Crippen LogP contribution is -2.45. The third-order valence-electron chi connectivity index (χ3n) is 4.27. The molecule has 1 aliphatic carbocycles. The fraction of sp³-hybridized carbons (Fsp3) is 0.375. The maximum Gasteiger partial charge on any atom is 0.304 e. The molecule has 1 heterocycles. The molecule has 2 aromatic rings. The molecule has 0 amide bonds. The van der Waals surface area contributed by atoms with E-state index in [1.54, 1.807) is 12.1 Å². The summed E-state index contributed by atoms with van der Waals surface area (Å²) < 4.78 is 36.8. The van der Waals surface area contributed by atoms with E-state index < -0.39 is 15.9 Å². The van der Waals surface area contributed by atoms with Crippen molar-refractivity contribution in [3.63, 3.8) is 0 Å². The molecule has 0 bridgehead atoms. The summed E-state index contributed by atoms with van der Waals surface area (Å²) in [4.78, 5) is 0.164. The lowest BCUT2D eigenvalue weighted by atomic mass is 9.94. The van der Waals surface area contributed by atoms with E-state index >= 15 is 0 Å². The first-order valence-corrected chi connectivity index (χ1v) is 8.67. The molecule has 5 heteroatoms. The lowest BCUT2D eigenvalue weighted by molar-refractivity contribution is -0.141. The van der Waals surface area contributed by atoms with Gasteiger partial charge in [0.2, 0.25) is 5.79 Å². The SMILES string of the molecule is O=S1(=O)OC2(CCCCC2)Oc2ccc3ccccc3c21. The van der Waals surface area contributed by atoms with Gasteiger partial charge in [-0.3, -0.25) is 0 Å². The van der Waals surface area contributed by atoms with E-state index in [9.17, 15) is 8.42 Å². The molecule has 2 aliphatic rings. The van der Waals surface area contributed by atoms with E-state index in [2.05, 4.69) is 0 Å². The van der Waals surface area contributed by atoms with Crippen LogP contribution < -0.4 is 4.74 Å². The van der Waals surface area contributed by atoms with Crippen molar-refractivity contribution in [2.24, 2.45) is 0 Å². The van der Waals surface area contributed by atoms with Crippen molar-refractivity contribution in [3.05, 3.63) is 36.4 Å². The van der Waals surface area contributed by atoms with E-state index in [0.29, 0.717) is 24.0 Å². The Hall–Kier alpha value is -1.59. The van der Waals surface area contributed by atoms with Gasteiger partial charge in [-0.15, -0.1) is 0 Å². The first-order chi connectivity index (χ1) is 10.1. The number of ether oxygens (including phenoxy) is 1. The molecule has 110 valence electrons. The zero-order valence-corrected chi connectivity index (χ0v) is 12.4. The van der Waals surface area contributed by atoms with Crippen LogP contribution in [0.2, 0.25) is 0 Å². The maximum atomic E-state index is 12.7. The Labute approximate surface area is 123 Å². The predicted octanol–water partition coefficient (Wildman–Crippen LogP) is 3.60. The highest BCUT2D eigenvalue weighted by atomic mass is 32.2. The first kappa shape index (κ1) is 13.1. The van der Waals surface area contributed by atoms with Crippen molar-refractivity contribution in [2.45, 2.75) is 42.8 Å². The third kappa shape index (κ3) is 2.03. The Morgan fingerprint density at radius 2 is 1.71 bits per heavy atom. The van der Waals surface area contributed by atoms with Gasteiger partial charge in [0.1, 0.15) is 10.6 Å². The summed E-state index contributed by atoms with van der Waals surface area (Å²) in [6.07, 6.45) is 4.20. The molecule has 21 heavy (non-hydrogen) atoms. The highest BCUT2D eigenvalue weighted by Gasteiger charge is 2.46. The van der Waals surface area contributed by atoms with E-state index in [4.69, 9.17) is 8.92 Å². The zero-order chi connectivity index (χ0) is 14.5. The molecule has 1 fully saturated rings. The quantitative estimate of drug-likeness (QED) is 0.698. The molecule has 0 aromatic heterocycles. The van der Waals surface area contributed by atoms with Gasteiger partial charge in [0.25, 0.3) is 0 Å². The highest BCUT2D eigenvalue weighted by molar-refractivity contribution is 7.87. The van der Waals surface area contributed by atoms with E-state index in [-0.39, 0.29) is 4.90 Å². The molecule has 0 N–H and O–H groups in total. The normalized spacial score (nSPS) is 22.7. The van der Waals surface area contributed by atoms with Crippen LogP contribution in [0, 0.1) is 0 Å². The van der Waals surface area contributed by atoms with Crippen molar-refractivity contribution in [2.75, 3.05) is 0 Å². The van der Waals surface area contributed by atoms with Crippen molar-refractivity contribution in [1.82, 2.24) is 0 Å². The zero-order valence-electron chi connectivity index (χ0n) is 11.5. The molecule has 1 aliphatic heterocycles. The van der Waals surface area contributed by atoms with Crippen molar-refractivity contribution < 1.29 is 17.3 Å². The van der Waals surface area contributed by atoms with Crippen LogP contribution in [0.25, 0.3) is 10.8 Å². The Morgan fingerprint density at radius 3 is 2.52 bits per heavy atom. The smallest absolute Gasteiger partial charge is 0.304 e. The van der Waals surface area contributed by atoms with Crippen LogP contribution >= 0.6 is 0 Å². The minimum Gasteiger partial charge on any atom is -0.460 e. The Balaban J connectivity index is 1.94. The molecule has 4 rings (SSSR count). The molecular weight excluding hydrogens is 288 g/mol. The van der Waals surface area contributed by atoms with Gasteiger partial charge in [-0.05, 0) is 24.3 Å². The number of benzene rings is 2. The lowest BCUT2D eigenvalue weighted by Gasteiger charge is -2.40. The second-order valence-electron chi connectivity index (χ2n) is 5.72. The van der Waals surface area contributed by atoms with Crippen LogP contribution in [0.4, 0.5) is 0 Å². The summed E-state index contributed by atoms with van der Waals surface area (Å²) in [5.41, 5.74) is 0. The van der Waals surface area contributed by atoms with Gasteiger partial charge < -0.3 is 4.74 Å². The second-order valence-corrected chi connectivity index (χ2v) is 7.21. The molecule has 4 nitrogen and oxygen atoms in total. The summed E-state index contributed by atoms with van der Waals surface area (Å²) >= 11 is 0. The molecule has 0 saturated heterocycles. The van der Waals surface area contributed by atoms with Gasteiger partial charge >= 0.3 is 10.1 Å². The summed E-state index contributed by atoms with van der Waals surface area (Å²) in [7, 11) is -3.80. The summed E-state index contributed by atoms with van der Waals surface area (Å²) in [6, 6.07) is 11.0. The predicted molar refractivity (Wildman–Crippen MR) is 78.7 cm³/mol.